The van der Waals surface area contributed by atoms with Crippen LogP contribution in [0, 0.1) is 10.1 Å². The highest BCUT2D eigenvalue weighted by Gasteiger charge is 2.31. The third-order valence-corrected chi connectivity index (χ3v) is 4.73. The van der Waals surface area contributed by atoms with E-state index in [2.05, 4.69) is 5.38 Å². The standard InChI is InChI=1S/C16H16N2O3S/c19-16(10-12-4-1-2-5-15(12)18(20)21)17-8-3-6-14(17)13-7-9-22-11-13/h1-2,4-5,7,9,11,14H,3,6,8,10H2/t14-/m0/s1. The first-order valence-electron chi connectivity index (χ1n) is 7.20. The van der Waals surface area contributed by atoms with E-state index in [1.54, 1.807) is 29.5 Å². The molecule has 0 radical (unpaired) electrons. The van der Waals surface area contributed by atoms with Gasteiger partial charge in [0.05, 0.1) is 17.4 Å². The van der Waals surface area contributed by atoms with Crippen LogP contribution < -0.4 is 0 Å². The summed E-state index contributed by atoms with van der Waals surface area (Å²) in [5.74, 6) is -0.0389. The zero-order valence-corrected chi connectivity index (χ0v) is 12.8. The molecular formula is C16H16N2O3S. The predicted molar refractivity (Wildman–Crippen MR) is 84.8 cm³/mol. The molecule has 2 aromatic rings. The lowest BCUT2D eigenvalue weighted by molar-refractivity contribution is -0.385. The Kier molecular flexibility index (Phi) is 4.20. The van der Waals surface area contributed by atoms with Gasteiger partial charge in [-0.25, -0.2) is 0 Å². The van der Waals surface area contributed by atoms with Crippen molar-refractivity contribution in [1.29, 1.82) is 0 Å². The number of carbonyl (C=O) groups excluding carboxylic acids is 1. The van der Waals surface area contributed by atoms with Crippen molar-refractivity contribution < 1.29 is 9.72 Å². The molecule has 1 aliphatic heterocycles. The predicted octanol–water partition coefficient (Wildman–Crippen LogP) is 3.56. The molecule has 1 aliphatic rings. The number of hydrogen-bond donors (Lipinski definition) is 0. The fraction of sp³-hybridized carbons (Fsp3) is 0.312. The van der Waals surface area contributed by atoms with Crippen LogP contribution in [0.15, 0.2) is 41.1 Å². The average molecular weight is 316 g/mol. The molecule has 0 unspecified atom stereocenters. The molecule has 3 rings (SSSR count). The second-order valence-electron chi connectivity index (χ2n) is 5.36. The summed E-state index contributed by atoms with van der Waals surface area (Å²) in [5.41, 5.74) is 1.66. The number of benzene rings is 1. The van der Waals surface area contributed by atoms with Gasteiger partial charge in [-0.2, -0.15) is 11.3 Å². The van der Waals surface area contributed by atoms with E-state index in [0.29, 0.717) is 5.56 Å². The van der Waals surface area contributed by atoms with E-state index in [0.717, 1.165) is 19.4 Å². The molecule has 114 valence electrons. The minimum atomic E-state index is -0.428. The van der Waals surface area contributed by atoms with Crippen molar-refractivity contribution in [2.75, 3.05) is 6.54 Å². The van der Waals surface area contributed by atoms with Crippen molar-refractivity contribution in [1.82, 2.24) is 4.90 Å². The molecule has 0 saturated carbocycles. The van der Waals surface area contributed by atoms with Crippen LogP contribution in [0.2, 0.25) is 0 Å². The van der Waals surface area contributed by atoms with Gasteiger partial charge in [-0.05, 0) is 35.2 Å². The van der Waals surface area contributed by atoms with Crippen molar-refractivity contribution in [3.05, 3.63) is 62.3 Å². The van der Waals surface area contributed by atoms with Gasteiger partial charge >= 0.3 is 0 Å². The summed E-state index contributed by atoms with van der Waals surface area (Å²) in [6, 6.07) is 8.62. The number of nitrogens with zero attached hydrogens (tertiary/aromatic N) is 2. The highest BCUT2D eigenvalue weighted by atomic mass is 32.1. The fourth-order valence-electron chi connectivity index (χ4n) is 2.98. The largest absolute Gasteiger partial charge is 0.335 e. The molecule has 1 atom stereocenters. The van der Waals surface area contributed by atoms with Gasteiger partial charge in [0.1, 0.15) is 0 Å². The number of para-hydroxylation sites is 1. The summed E-state index contributed by atoms with van der Waals surface area (Å²) < 4.78 is 0. The Morgan fingerprint density at radius 3 is 2.91 bits per heavy atom. The monoisotopic (exact) mass is 316 g/mol. The number of likely N-dealkylation sites (tertiary alicyclic amines) is 1. The Labute approximate surface area is 132 Å². The number of amides is 1. The first-order chi connectivity index (χ1) is 10.7. The zero-order valence-electron chi connectivity index (χ0n) is 12.0. The van der Waals surface area contributed by atoms with Crippen molar-refractivity contribution in [3.63, 3.8) is 0 Å². The fourth-order valence-corrected chi connectivity index (χ4v) is 3.69. The van der Waals surface area contributed by atoms with Crippen LogP contribution in [0.25, 0.3) is 0 Å². The SMILES string of the molecule is O=C(Cc1ccccc1[N+](=O)[O-])N1CCC[C@H]1c1ccsc1. The average Bonchev–Trinajstić information content (AvgIpc) is 3.18. The first-order valence-corrected chi connectivity index (χ1v) is 8.15. The summed E-state index contributed by atoms with van der Waals surface area (Å²) in [6.07, 6.45) is 2.01. The summed E-state index contributed by atoms with van der Waals surface area (Å²) in [4.78, 5) is 25.1. The maximum Gasteiger partial charge on any atom is 0.273 e. The number of nitro benzene ring substituents is 1. The van der Waals surface area contributed by atoms with Gasteiger partial charge in [-0.3, -0.25) is 14.9 Å². The molecule has 5 nitrogen and oxygen atoms in total. The smallest absolute Gasteiger partial charge is 0.273 e. The quantitative estimate of drug-likeness (QED) is 0.640. The van der Waals surface area contributed by atoms with E-state index in [-0.39, 0.29) is 24.1 Å². The lowest BCUT2D eigenvalue weighted by atomic mass is 10.1. The van der Waals surface area contributed by atoms with Gasteiger partial charge in [0, 0.05) is 18.2 Å². The summed E-state index contributed by atoms with van der Waals surface area (Å²) in [6.45, 7) is 0.722. The van der Waals surface area contributed by atoms with Crippen LogP contribution in [-0.4, -0.2) is 22.3 Å². The molecule has 0 spiro atoms. The van der Waals surface area contributed by atoms with Gasteiger partial charge < -0.3 is 4.90 Å². The van der Waals surface area contributed by atoms with E-state index in [4.69, 9.17) is 0 Å². The van der Waals surface area contributed by atoms with E-state index >= 15 is 0 Å². The third-order valence-electron chi connectivity index (χ3n) is 4.03. The topological polar surface area (TPSA) is 63.4 Å². The maximum absolute atomic E-state index is 12.6. The van der Waals surface area contributed by atoms with Crippen molar-refractivity contribution in [2.24, 2.45) is 0 Å². The number of rotatable bonds is 4. The van der Waals surface area contributed by atoms with Crippen LogP contribution in [-0.2, 0) is 11.2 Å². The molecule has 1 amide bonds. The third kappa shape index (κ3) is 2.87. The molecular weight excluding hydrogens is 300 g/mol. The van der Waals surface area contributed by atoms with Gasteiger partial charge in [-0.15, -0.1) is 0 Å². The number of thiophene rings is 1. The number of hydrogen-bond acceptors (Lipinski definition) is 4. The first kappa shape index (κ1) is 14.7. The van der Waals surface area contributed by atoms with Gasteiger partial charge in [-0.1, -0.05) is 18.2 Å². The second kappa shape index (κ2) is 6.27. The van der Waals surface area contributed by atoms with Gasteiger partial charge in [0.15, 0.2) is 0 Å². The summed E-state index contributed by atoms with van der Waals surface area (Å²) >= 11 is 1.62. The highest BCUT2D eigenvalue weighted by Crippen LogP contribution is 2.33. The Hall–Kier alpha value is -2.21. The van der Waals surface area contributed by atoms with Crippen LogP contribution in [0.5, 0.6) is 0 Å². The molecule has 2 heterocycles. The van der Waals surface area contributed by atoms with Crippen LogP contribution in [0.1, 0.15) is 30.0 Å². The normalized spacial score (nSPS) is 17.6. The van der Waals surface area contributed by atoms with Crippen LogP contribution in [0.4, 0.5) is 5.69 Å². The van der Waals surface area contributed by atoms with Crippen molar-refractivity contribution in [3.8, 4) is 0 Å². The zero-order chi connectivity index (χ0) is 15.5. The Bertz CT molecular complexity index is 684. The molecule has 6 heteroatoms. The number of carbonyl (C=O) groups is 1. The molecule has 1 aromatic heterocycles. The van der Waals surface area contributed by atoms with E-state index < -0.39 is 4.92 Å². The molecule has 0 N–H and O–H groups in total. The Morgan fingerprint density at radius 2 is 2.18 bits per heavy atom. The van der Waals surface area contributed by atoms with E-state index in [1.165, 1.54) is 11.6 Å². The minimum absolute atomic E-state index is 0.0159. The van der Waals surface area contributed by atoms with Gasteiger partial charge in [0.25, 0.3) is 5.69 Å². The Morgan fingerprint density at radius 1 is 1.36 bits per heavy atom. The van der Waals surface area contributed by atoms with Gasteiger partial charge in [0.2, 0.25) is 5.91 Å². The highest BCUT2D eigenvalue weighted by molar-refractivity contribution is 7.07. The minimum Gasteiger partial charge on any atom is -0.335 e. The molecule has 0 bridgehead atoms. The molecule has 0 aliphatic carbocycles. The van der Waals surface area contributed by atoms with E-state index in [9.17, 15) is 14.9 Å². The van der Waals surface area contributed by atoms with Crippen LogP contribution >= 0.6 is 11.3 Å². The maximum atomic E-state index is 12.6. The molecule has 1 fully saturated rings. The van der Waals surface area contributed by atoms with E-state index in [1.807, 2.05) is 16.3 Å². The molecule has 22 heavy (non-hydrogen) atoms. The summed E-state index contributed by atoms with van der Waals surface area (Å²) in [7, 11) is 0. The lowest BCUT2D eigenvalue weighted by Gasteiger charge is -2.24. The second-order valence-corrected chi connectivity index (χ2v) is 6.14. The number of nitro groups is 1. The molecule has 1 aromatic carbocycles. The van der Waals surface area contributed by atoms with Crippen LogP contribution in [0.3, 0.4) is 0 Å². The van der Waals surface area contributed by atoms with Crippen molar-refractivity contribution in [2.45, 2.75) is 25.3 Å². The Balaban J connectivity index is 1.79. The molecule has 1 saturated heterocycles. The van der Waals surface area contributed by atoms with Crippen molar-refractivity contribution >= 4 is 22.9 Å². The lowest BCUT2D eigenvalue weighted by Crippen LogP contribution is -2.31. The summed E-state index contributed by atoms with van der Waals surface area (Å²) in [5, 5.41) is 15.1.